The van der Waals surface area contributed by atoms with Gasteiger partial charge in [-0.15, -0.1) is 0 Å². The number of benzene rings is 1. The molecule has 1 fully saturated rings. The minimum Gasteiger partial charge on any atom is -0.370 e. The second-order valence-corrected chi connectivity index (χ2v) is 5.64. The molecule has 0 unspecified atom stereocenters. The Morgan fingerprint density at radius 1 is 1.32 bits per heavy atom. The number of nitrogens with one attached hydrogen (secondary N) is 1. The van der Waals surface area contributed by atoms with Gasteiger partial charge < -0.3 is 11.1 Å². The molecular formula is C16H24N2O. The van der Waals surface area contributed by atoms with Gasteiger partial charge >= 0.3 is 0 Å². The number of nitrogens with two attached hydrogens (primary N) is 1. The first-order valence-electron chi connectivity index (χ1n) is 7.23. The van der Waals surface area contributed by atoms with Crippen molar-refractivity contribution in [3.63, 3.8) is 0 Å². The van der Waals surface area contributed by atoms with Crippen LogP contribution in [0.15, 0.2) is 30.3 Å². The fourth-order valence-electron chi connectivity index (χ4n) is 3.35. The number of amides is 1. The van der Waals surface area contributed by atoms with Crippen molar-refractivity contribution in [2.75, 3.05) is 6.54 Å². The van der Waals surface area contributed by atoms with E-state index < -0.39 is 0 Å². The SMILES string of the molecule is CCNC1(CC(N)=O)CCC(c2ccccc2)CC1. The van der Waals surface area contributed by atoms with Crippen LogP contribution >= 0.6 is 0 Å². The van der Waals surface area contributed by atoms with Gasteiger partial charge in [0.15, 0.2) is 0 Å². The summed E-state index contributed by atoms with van der Waals surface area (Å²) >= 11 is 0. The van der Waals surface area contributed by atoms with Gasteiger partial charge in [0.1, 0.15) is 0 Å². The Morgan fingerprint density at radius 3 is 2.47 bits per heavy atom. The molecule has 3 nitrogen and oxygen atoms in total. The fourth-order valence-corrected chi connectivity index (χ4v) is 3.35. The van der Waals surface area contributed by atoms with Crippen LogP contribution in [0, 0.1) is 0 Å². The van der Waals surface area contributed by atoms with E-state index in [1.54, 1.807) is 0 Å². The zero-order valence-electron chi connectivity index (χ0n) is 11.7. The lowest BCUT2D eigenvalue weighted by molar-refractivity contribution is -0.119. The summed E-state index contributed by atoms with van der Waals surface area (Å²) in [6.45, 7) is 2.98. The average Bonchev–Trinajstić information content (AvgIpc) is 2.40. The summed E-state index contributed by atoms with van der Waals surface area (Å²) in [6, 6.07) is 10.7. The molecule has 3 heteroatoms. The lowest BCUT2D eigenvalue weighted by Crippen LogP contribution is -2.50. The monoisotopic (exact) mass is 260 g/mol. The van der Waals surface area contributed by atoms with Gasteiger partial charge in [-0.05, 0) is 43.7 Å². The summed E-state index contributed by atoms with van der Waals surface area (Å²) < 4.78 is 0. The Kier molecular flexibility index (Phi) is 4.59. The Balaban J connectivity index is 2.01. The molecule has 104 valence electrons. The van der Waals surface area contributed by atoms with Crippen LogP contribution in [0.4, 0.5) is 0 Å². The number of primary amides is 1. The van der Waals surface area contributed by atoms with Crippen LogP contribution in [0.5, 0.6) is 0 Å². The van der Waals surface area contributed by atoms with Gasteiger partial charge in [-0.2, -0.15) is 0 Å². The molecule has 0 spiro atoms. The molecule has 1 aliphatic carbocycles. The summed E-state index contributed by atoms with van der Waals surface area (Å²) in [6.07, 6.45) is 4.78. The fraction of sp³-hybridized carbons (Fsp3) is 0.562. The number of carbonyl (C=O) groups excluding carboxylic acids is 1. The minimum atomic E-state index is -0.195. The molecule has 0 heterocycles. The Hall–Kier alpha value is -1.35. The van der Waals surface area contributed by atoms with Crippen molar-refractivity contribution in [3.05, 3.63) is 35.9 Å². The predicted octanol–water partition coefficient (Wildman–Crippen LogP) is 2.57. The Bertz CT molecular complexity index is 408. The second kappa shape index (κ2) is 6.20. The third-order valence-corrected chi connectivity index (χ3v) is 4.28. The molecule has 1 amide bonds. The standard InChI is InChI=1S/C16H24N2O/c1-2-18-16(12-15(17)19)10-8-14(9-11-16)13-6-4-3-5-7-13/h3-7,14,18H,2,8-12H2,1H3,(H2,17,19). The molecule has 1 aromatic carbocycles. The van der Waals surface area contributed by atoms with Crippen LogP contribution in [-0.4, -0.2) is 18.0 Å². The number of hydrogen-bond donors (Lipinski definition) is 2. The number of rotatable bonds is 5. The zero-order chi connectivity index (χ0) is 13.7. The van der Waals surface area contributed by atoms with E-state index >= 15 is 0 Å². The van der Waals surface area contributed by atoms with Gasteiger partial charge in [-0.3, -0.25) is 4.79 Å². The van der Waals surface area contributed by atoms with E-state index in [1.165, 1.54) is 5.56 Å². The molecule has 3 N–H and O–H groups in total. The van der Waals surface area contributed by atoms with Crippen LogP contribution in [0.25, 0.3) is 0 Å². The minimum absolute atomic E-state index is 0.0636. The van der Waals surface area contributed by atoms with Crippen LogP contribution in [0.1, 0.15) is 50.5 Å². The molecule has 1 aromatic rings. The van der Waals surface area contributed by atoms with E-state index in [4.69, 9.17) is 5.73 Å². The molecule has 2 rings (SSSR count). The second-order valence-electron chi connectivity index (χ2n) is 5.64. The zero-order valence-corrected chi connectivity index (χ0v) is 11.7. The van der Waals surface area contributed by atoms with E-state index in [2.05, 4.69) is 42.6 Å². The molecule has 1 aliphatic rings. The first-order valence-corrected chi connectivity index (χ1v) is 7.23. The van der Waals surface area contributed by atoms with E-state index in [9.17, 15) is 4.79 Å². The lowest BCUT2D eigenvalue weighted by atomic mass is 9.72. The molecule has 1 saturated carbocycles. The molecule has 0 bridgehead atoms. The maximum atomic E-state index is 11.3. The van der Waals surface area contributed by atoms with Crippen LogP contribution in [-0.2, 0) is 4.79 Å². The van der Waals surface area contributed by atoms with Crippen molar-refractivity contribution in [1.29, 1.82) is 0 Å². The predicted molar refractivity (Wildman–Crippen MR) is 77.9 cm³/mol. The summed E-state index contributed by atoms with van der Waals surface area (Å²) in [5.74, 6) is 0.431. The topological polar surface area (TPSA) is 55.1 Å². The molecular weight excluding hydrogens is 236 g/mol. The summed E-state index contributed by atoms with van der Waals surface area (Å²) in [5, 5.41) is 3.50. The maximum absolute atomic E-state index is 11.3. The van der Waals surface area contributed by atoms with E-state index in [-0.39, 0.29) is 11.4 Å². The highest BCUT2D eigenvalue weighted by Crippen LogP contribution is 2.39. The lowest BCUT2D eigenvalue weighted by Gasteiger charge is -2.40. The molecule has 0 saturated heterocycles. The first kappa shape index (κ1) is 14.1. The third kappa shape index (κ3) is 3.57. The summed E-state index contributed by atoms with van der Waals surface area (Å²) in [5.41, 5.74) is 6.76. The third-order valence-electron chi connectivity index (χ3n) is 4.28. The van der Waals surface area contributed by atoms with Crippen LogP contribution < -0.4 is 11.1 Å². The van der Waals surface area contributed by atoms with Crippen molar-refractivity contribution < 1.29 is 4.79 Å². The maximum Gasteiger partial charge on any atom is 0.219 e. The highest BCUT2D eigenvalue weighted by atomic mass is 16.1. The highest BCUT2D eigenvalue weighted by molar-refractivity contribution is 5.75. The number of carbonyl (C=O) groups is 1. The van der Waals surface area contributed by atoms with Crippen molar-refractivity contribution in [2.24, 2.45) is 5.73 Å². The smallest absolute Gasteiger partial charge is 0.219 e. The van der Waals surface area contributed by atoms with Gasteiger partial charge in [0.2, 0.25) is 5.91 Å². The Morgan fingerprint density at radius 2 is 1.95 bits per heavy atom. The average molecular weight is 260 g/mol. The van der Waals surface area contributed by atoms with Crippen molar-refractivity contribution >= 4 is 5.91 Å². The molecule has 0 aliphatic heterocycles. The highest BCUT2D eigenvalue weighted by Gasteiger charge is 2.36. The quantitative estimate of drug-likeness (QED) is 0.855. The van der Waals surface area contributed by atoms with Gasteiger partial charge in [0.05, 0.1) is 0 Å². The van der Waals surface area contributed by atoms with E-state index in [1.807, 2.05) is 0 Å². The van der Waals surface area contributed by atoms with Gasteiger partial charge in [0.25, 0.3) is 0 Å². The molecule has 19 heavy (non-hydrogen) atoms. The van der Waals surface area contributed by atoms with E-state index in [0.717, 1.165) is 32.2 Å². The number of hydrogen-bond acceptors (Lipinski definition) is 2. The van der Waals surface area contributed by atoms with Gasteiger partial charge in [0, 0.05) is 12.0 Å². The summed E-state index contributed by atoms with van der Waals surface area (Å²) in [7, 11) is 0. The molecule has 0 aromatic heterocycles. The van der Waals surface area contributed by atoms with E-state index in [0.29, 0.717) is 12.3 Å². The van der Waals surface area contributed by atoms with Gasteiger partial charge in [-0.1, -0.05) is 37.3 Å². The Labute approximate surface area is 115 Å². The molecule has 0 radical (unpaired) electrons. The summed E-state index contributed by atoms with van der Waals surface area (Å²) in [4.78, 5) is 11.3. The first-order chi connectivity index (χ1) is 9.15. The van der Waals surface area contributed by atoms with Crippen LogP contribution in [0.3, 0.4) is 0 Å². The van der Waals surface area contributed by atoms with Gasteiger partial charge in [-0.25, -0.2) is 0 Å². The van der Waals surface area contributed by atoms with Crippen molar-refractivity contribution in [3.8, 4) is 0 Å². The largest absolute Gasteiger partial charge is 0.370 e. The molecule has 0 atom stereocenters. The van der Waals surface area contributed by atoms with Crippen LogP contribution in [0.2, 0.25) is 0 Å². The van der Waals surface area contributed by atoms with Crippen molar-refractivity contribution in [2.45, 2.75) is 50.5 Å². The van der Waals surface area contributed by atoms with Crippen molar-refractivity contribution in [1.82, 2.24) is 5.32 Å². The normalized spacial score (nSPS) is 27.1.